The lowest BCUT2D eigenvalue weighted by atomic mass is 10.0. The van der Waals surface area contributed by atoms with Crippen LogP contribution in [0.2, 0.25) is 0 Å². The van der Waals surface area contributed by atoms with E-state index in [-0.39, 0.29) is 18.0 Å². The third-order valence-corrected chi connectivity index (χ3v) is 3.90. The lowest BCUT2D eigenvalue weighted by Gasteiger charge is -2.23. The Hall–Kier alpha value is -3.03. The van der Waals surface area contributed by atoms with Gasteiger partial charge in [-0.2, -0.15) is 0 Å². The number of carbonyl (C=O) groups excluding carboxylic acids is 2. The molecule has 0 radical (unpaired) electrons. The Bertz CT molecular complexity index is 819. The van der Waals surface area contributed by atoms with Crippen molar-refractivity contribution in [3.63, 3.8) is 0 Å². The second-order valence-corrected chi connectivity index (χ2v) is 5.62. The summed E-state index contributed by atoms with van der Waals surface area (Å²) in [4.78, 5) is 29.6. The number of aromatic nitrogens is 2. The van der Waals surface area contributed by atoms with E-state index < -0.39 is 23.6 Å². The Kier molecular flexibility index (Phi) is 6.21. The first-order chi connectivity index (χ1) is 12.4. The van der Waals surface area contributed by atoms with Crippen LogP contribution in [-0.4, -0.2) is 39.4 Å². The molecule has 138 valence electrons. The summed E-state index contributed by atoms with van der Waals surface area (Å²) in [5, 5.41) is 2.67. The Morgan fingerprint density at radius 3 is 2.69 bits per heavy atom. The first-order valence-corrected chi connectivity index (χ1v) is 8.00. The SMILES string of the molecule is C=CC(=O)N(CC)CC(=O)NC(c1ccc(F)cc1F)c1nccn1C. The van der Waals surface area contributed by atoms with Crippen LogP contribution in [0.3, 0.4) is 0 Å². The zero-order valence-electron chi connectivity index (χ0n) is 14.6. The van der Waals surface area contributed by atoms with Crippen LogP contribution >= 0.6 is 0 Å². The van der Waals surface area contributed by atoms with E-state index in [1.54, 1.807) is 24.7 Å². The van der Waals surface area contributed by atoms with E-state index >= 15 is 0 Å². The number of imidazole rings is 1. The molecule has 1 atom stereocenters. The van der Waals surface area contributed by atoms with Gasteiger partial charge in [-0.1, -0.05) is 12.6 Å². The van der Waals surface area contributed by atoms with Crippen molar-refractivity contribution in [2.45, 2.75) is 13.0 Å². The number of hydrogen-bond donors (Lipinski definition) is 1. The Balaban J connectivity index is 2.31. The molecule has 1 aromatic carbocycles. The summed E-state index contributed by atoms with van der Waals surface area (Å²) in [6.45, 7) is 5.22. The smallest absolute Gasteiger partial charge is 0.246 e. The molecule has 1 unspecified atom stereocenters. The molecular formula is C18H20F2N4O2. The van der Waals surface area contributed by atoms with Crippen molar-refractivity contribution in [2.24, 2.45) is 7.05 Å². The van der Waals surface area contributed by atoms with Gasteiger partial charge in [0.05, 0.1) is 6.54 Å². The Morgan fingerprint density at radius 2 is 2.15 bits per heavy atom. The van der Waals surface area contributed by atoms with Crippen LogP contribution < -0.4 is 5.32 Å². The first-order valence-electron chi connectivity index (χ1n) is 8.00. The van der Waals surface area contributed by atoms with E-state index in [2.05, 4.69) is 16.9 Å². The van der Waals surface area contributed by atoms with Crippen molar-refractivity contribution >= 4 is 11.8 Å². The van der Waals surface area contributed by atoms with Crippen LogP contribution in [0.4, 0.5) is 8.78 Å². The molecule has 2 aromatic rings. The summed E-state index contributed by atoms with van der Waals surface area (Å²) in [6, 6.07) is 2.19. The molecule has 2 rings (SSSR count). The normalized spacial score (nSPS) is 11.7. The summed E-state index contributed by atoms with van der Waals surface area (Å²) in [5.41, 5.74) is 0.0761. The number of aryl methyl sites for hydroxylation is 1. The summed E-state index contributed by atoms with van der Waals surface area (Å²) in [6.07, 6.45) is 4.28. The van der Waals surface area contributed by atoms with Gasteiger partial charge < -0.3 is 14.8 Å². The zero-order valence-corrected chi connectivity index (χ0v) is 14.6. The number of hydrogen-bond acceptors (Lipinski definition) is 3. The van der Waals surface area contributed by atoms with Crippen LogP contribution in [0.15, 0.2) is 43.2 Å². The second-order valence-electron chi connectivity index (χ2n) is 5.62. The summed E-state index contributed by atoms with van der Waals surface area (Å²) in [7, 11) is 1.70. The standard InChI is InChI=1S/C18H20F2N4O2/c1-4-16(26)24(5-2)11-15(25)22-17(18-21-8-9-23(18)3)13-7-6-12(19)10-14(13)20/h4,6-10,17H,1,5,11H2,2-3H3,(H,22,25). The largest absolute Gasteiger partial charge is 0.340 e. The second kappa shape index (κ2) is 8.37. The summed E-state index contributed by atoms with van der Waals surface area (Å²) in [5.74, 6) is -2.03. The van der Waals surface area contributed by atoms with Gasteiger partial charge in [0.25, 0.3) is 0 Å². The summed E-state index contributed by atoms with van der Waals surface area (Å²) < 4.78 is 29.1. The van der Waals surface area contributed by atoms with Gasteiger partial charge in [-0.05, 0) is 19.1 Å². The van der Waals surface area contributed by atoms with Gasteiger partial charge in [0.15, 0.2) is 0 Å². The lowest BCUT2D eigenvalue weighted by molar-refractivity contribution is -0.132. The van der Waals surface area contributed by atoms with Crippen molar-refractivity contribution in [1.29, 1.82) is 0 Å². The molecule has 0 saturated carbocycles. The summed E-state index contributed by atoms with van der Waals surface area (Å²) >= 11 is 0. The van der Waals surface area contributed by atoms with Crippen LogP contribution in [0.5, 0.6) is 0 Å². The molecule has 1 N–H and O–H groups in total. The van der Waals surface area contributed by atoms with Gasteiger partial charge in [0.1, 0.15) is 23.5 Å². The van der Waals surface area contributed by atoms with E-state index in [4.69, 9.17) is 0 Å². The van der Waals surface area contributed by atoms with Gasteiger partial charge in [-0.25, -0.2) is 13.8 Å². The van der Waals surface area contributed by atoms with Crippen molar-refractivity contribution < 1.29 is 18.4 Å². The van der Waals surface area contributed by atoms with Gasteiger partial charge in [-0.15, -0.1) is 0 Å². The van der Waals surface area contributed by atoms with Crippen LogP contribution in [0, 0.1) is 11.6 Å². The number of nitrogens with zero attached hydrogens (tertiary/aromatic N) is 3. The maximum Gasteiger partial charge on any atom is 0.246 e. The number of benzene rings is 1. The van der Waals surface area contributed by atoms with Crippen molar-refractivity contribution in [3.05, 3.63) is 66.3 Å². The predicted molar refractivity (Wildman–Crippen MR) is 92.0 cm³/mol. The minimum Gasteiger partial charge on any atom is -0.340 e. The Morgan fingerprint density at radius 1 is 1.42 bits per heavy atom. The molecular weight excluding hydrogens is 342 g/mol. The average molecular weight is 362 g/mol. The quantitative estimate of drug-likeness (QED) is 0.766. The highest BCUT2D eigenvalue weighted by Crippen LogP contribution is 2.23. The van der Waals surface area contributed by atoms with Gasteiger partial charge in [-0.3, -0.25) is 9.59 Å². The Labute approximate surface area is 150 Å². The third-order valence-electron chi connectivity index (χ3n) is 3.90. The average Bonchev–Trinajstić information content (AvgIpc) is 3.03. The van der Waals surface area contributed by atoms with Gasteiger partial charge in [0, 0.05) is 37.6 Å². The topological polar surface area (TPSA) is 67.2 Å². The van der Waals surface area contributed by atoms with E-state index in [1.165, 1.54) is 17.2 Å². The molecule has 0 aliphatic carbocycles. The minimum absolute atomic E-state index is 0.0761. The third kappa shape index (κ3) is 4.33. The van der Waals surface area contributed by atoms with E-state index in [0.717, 1.165) is 18.2 Å². The molecule has 0 bridgehead atoms. The van der Waals surface area contributed by atoms with E-state index in [9.17, 15) is 18.4 Å². The van der Waals surface area contributed by atoms with Crippen LogP contribution in [-0.2, 0) is 16.6 Å². The molecule has 1 heterocycles. The molecule has 8 heteroatoms. The molecule has 26 heavy (non-hydrogen) atoms. The fourth-order valence-corrected chi connectivity index (χ4v) is 2.53. The fraction of sp³-hybridized carbons (Fsp3) is 0.278. The maximum atomic E-state index is 14.3. The molecule has 0 aliphatic rings. The lowest BCUT2D eigenvalue weighted by Crippen LogP contribution is -2.42. The van der Waals surface area contributed by atoms with E-state index in [0.29, 0.717) is 12.4 Å². The van der Waals surface area contributed by atoms with Crippen LogP contribution in [0.1, 0.15) is 24.4 Å². The van der Waals surface area contributed by atoms with Gasteiger partial charge in [0.2, 0.25) is 11.8 Å². The molecule has 6 nitrogen and oxygen atoms in total. The van der Waals surface area contributed by atoms with Crippen molar-refractivity contribution in [1.82, 2.24) is 19.8 Å². The molecule has 2 amide bonds. The fourth-order valence-electron chi connectivity index (χ4n) is 2.53. The van der Waals surface area contributed by atoms with E-state index in [1.807, 2.05) is 0 Å². The number of likely N-dealkylation sites (N-methyl/N-ethyl adjacent to an activating group) is 1. The predicted octanol–water partition coefficient (Wildman–Crippen LogP) is 1.94. The molecule has 1 aromatic heterocycles. The number of nitrogens with one attached hydrogen (secondary N) is 1. The molecule has 0 saturated heterocycles. The highest BCUT2D eigenvalue weighted by atomic mass is 19.1. The first kappa shape index (κ1) is 19.3. The number of rotatable bonds is 7. The number of carbonyl (C=O) groups is 2. The highest BCUT2D eigenvalue weighted by molar-refractivity contribution is 5.91. The molecule has 0 fully saturated rings. The minimum atomic E-state index is -0.930. The number of halogens is 2. The van der Waals surface area contributed by atoms with Gasteiger partial charge >= 0.3 is 0 Å². The molecule has 0 aliphatic heterocycles. The number of amides is 2. The zero-order chi connectivity index (χ0) is 19.3. The van der Waals surface area contributed by atoms with Crippen LogP contribution in [0.25, 0.3) is 0 Å². The highest BCUT2D eigenvalue weighted by Gasteiger charge is 2.25. The monoisotopic (exact) mass is 362 g/mol. The maximum absolute atomic E-state index is 14.3. The van der Waals surface area contributed by atoms with Crippen molar-refractivity contribution in [3.8, 4) is 0 Å². The molecule has 0 spiro atoms. The van der Waals surface area contributed by atoms with Crippen molar-refractivity contribution in [2.75, 3.05) is 13.1 Å².